The van der Waals surface area contributed by atoms with Crippen LogP contribution < -0.4 is 9.47 Å². The molecule has 2 aliphatic heterocycles. The first-order chi connectivity index (χ1) is 12.7. The average molecular weight is 357 g/mol. The largest absolute Gasteiger partial charge is 0.497 e. The number of rotatable bonds is 5. The van der Waals surface area contributed by atoms with Gasteiger partial charge >= 0.3 is 0 Å². The zero-order valence-electron chi connectivity index (χ0n) is 14.9. The van der Waals surface area contributed by atoms with Crippen LogP contribution in [0.3, 0.4) is 0 Å². The molecule has 6 heteroatoms. The van der Waals surface area contributed by atoms with Crippen molar-refractivity contribution < 1.29 is 24.1 Å². The van der Waals surface area contributed by atoms with Gasteiger partial charge in [0.2, 0.25) is 0 Å². The van der Waals surface area contributed by atoms with E-state index in [0.29, 0.717) is 13.2 Å². The molecule has 2 heterocycles. The second-order valence-electron chi connectivity index (χ2n) is 6.67. The van der Waals surface area contributed by atoms with Crippen molar-refractivity contribution in [2.75, 3.05) is 34.0 Å². The average Bonchev–Trinajstić information content (AvgIpc) is 3.25. The molecule has 2 aromatic carbocycles. The predicted molar refractivity (Wildman–Crippen MR) is 95.0 cm³/mol. The number of hydrogen-bond acceptors (Lipinski definition) is 6. The van der Waals surface area contributed by atoms with E-state index in [1.165, 1.54) is 0 Å². The summed E-state index contributed by atoms with van der Waals surface area (Å²) in [5.41, 5.74) is 1.39. The summed E-state index contributed by atoms with van der Waals surface area (Å²) in [6.07, 6.45) is -0.646. The fraction of sp³-hybridized carbons (Fsp3) is 0.400. The minimum Gasteiger partial charge on any atom is -0.497 e. The Morgan fingerprint density at radius 2 is 1.46 bits per heavy atom. The van der Waals surface area contributed by atoms with Gasteiger partial charge in [-0.3, -0.25) is 0 Å². The molecule has 2 aliphatic rings. The van der Waals surface area contributed by atoms with Crippen LogP contribution in [0.4, 0.5) is 0 Å². The van der Waals surface area contributed by atoms with E-state index in [4.69, 9.17) is 18.9 Å². The van der Waals surface area contributed by atoms with Gasteiger partial charge in [-0.1, -0.05) is 24.3 Å². The van der Waals surface area contributed by atoms with E-state index >= 15 is 0 Å². The molecule has 26 heavy (non-hydrogen) atoms. The highest BCUT2D eigenvalue weighted by atomic mass is 16.6. The van der Waals surface area contributed by atoms with E-state index in [-0.39, 0.29) is 19.1 Å². The molecule has 0 aliphatic carbocycles. The lowest BCUT2D eigenvalue weighted by atomic mass is 10.0. The molecule has 2 aromatic rings. The molecule has 0 bridgehead atoms. The topological polar surface area (TPSA) is 60.4 Å². The fourth-order valence-corrected chi connectivity index (χ4v) is 3.72. The van der Waals surface area contributed by atoms with Crippen molar-refractivity contribution in [2.45, 2.75) is 18.0 Å². The van der Waals surface area contributed by atoms with Gasteiger partial charge in [-0.05, 0) is 35.4 Å². The third kappa shape index (κ3) is 2.75. The van der Waals surface area contributed by atoms with Crippen molar-refractivity contribution in [3.8, 4) is 11.5 Å². The van der Waals surface area contributed by atoms with E-state index in [2.05, 4.69) is 4.90 Å². The lowest BCUT2D eigenvalue weighted by Crippen LogP contribution is -2.47. The Morgan fingerprint density at radius 3 is 1.88 bits per heavy atom. The standard InChI is InChI=1S/C20H23NO5/c1-23-16-7-3-5-14(9-16)18-21-19(15-6-4-8-17(10-15)24-2)26-13-20(21,11-22)12-25-18/h3-10,18-19,22H,11-13H2,1-2H3/t18-,19?,20-/m0/s1. The number of ether oxygens (including phenoxy) is 4. The number of benzene rings is 2. The van der Waals surface area contributed by atoms with Gasteiger partial charge in [0, 0.05) is 0 Å². The lowest BCUT2D eigenvalue weighted by Gasteiger charge is -2.33. The van der Waals surface area contributed by atoms with E-state index in [1.807, 2.05) is 48.5 Å². The van der Waals surface area contributed by atoms with Crippen LogP contribution in [0.15, 0.2) is 48.5 Å². The first-order valence-electron chi connectivity index (χ1n) is 8.61. The van der Waals surface area contributed by atoms with Gasteiger partial charge in [-0.2, -0.15) is 0 Å². The number of aliphatic hydroxyl groups is 1. The molecule has 0 amide bonds. The number of methoxy groups -OCH3 is 2. The molecule has 2 fully saturated rings. The highest BCUT2D eigenvalue weighted by molar-refractivity contribution is 5.34. The number of hydrogen-bond donors (Lipinski definition) is 1. The molecule has 4 rings (SSSR count). The summed E-state index contributed by atoms with van der Waals surface area (Å²) in [5, 5.41) is 10.1. The molecule has 0 radical (unpaired) electrons. The highest BCUT2D eigenvalue weighted by Crippen LogP contribution is 2.49. The monoisotopic (exact) mass is 357 g/mol. The number of aliphatic hydroxyl groups excluding tert-OH is 1. The van der Waals surface area contributed by atoms with Crippen LogP contribution in [0.2, 0.25) is 0 Å². The molecule has 6 nitrogen and oxygen atoms in total. The van der Waals surface area contributed by atoms with Gasteiger partial charge in [-0.15, -0.1) is 0 Å². The summed E-state index contributed by atoms with van der Waals surface area (Å²) < 4.78 is 22.9. The van der Waals surface area contributed by atoms with Gasteiger partial charge in [0.25, 0.3) is 0 Å². The Kier molecular flexibility index (Phi) is 4.58. The van der Waals surface area contributed by atoms with Gasteiger partial charge in [0.1, 0.15) is 24.0 Å². The maximum atomic E-state index is 10.1. The van der Waals surface area contributed by atoms with Crippen LogP contribution >= 0.6 is 0 Å². The zero-order valence-corrected chi connectivity index (χ0v) is 14.9. The molecule has 0 aromatic heterocycles. The third-order valence-electron chi connectivity index (χ3n) is 5.12. The summed E-state index contributed by atoms with van der Waals surface area (Å²) in [6, 6.07) is 15.6. The summed E-state index contributed by atoms with van der Waals surface area (Å²) in [4.78, 5) is 2.12. The minimum atomic E-state index is -0.554. The lowest BCUT2D eigenvalue weighted by molar-refractivity contribution is -0.0631. The maximum absolute atomic E-state index is 10.1. The molecule has 3 atom stereocenters. The number of fused-ring (bicyclic) bond motifs is 1. The normalized spacial score (nSPS) is 28.1. The maximum Gasteiger partial charge on any atom is 0.139 e. The Bertz CT molecular complexity index is 721. The number of nitrogens with zero attached hydrogens (tertiary/aromatic N) is 1. The van der Waals surface area contributed by atoms with Crippen LogP contribution in [0.5, 0.6) is 11.5 Å². The first-order valence-corrected chi connectivity index (χ1v) is 8.61. The molecule has 138 valence electrons. The van der Waals surface area contributed by atoms with E-state index in [9.17, 15) is 5.11 Å². The SMILES string of the molecule is COc1cccc(C2OC[C@]3(CO)CO[C@@H](c4cccc(OC)c4)N23)c1. The first kappa shape index (κ1) is 17.3. The molecule has 1 unspecified atom stereocenters. The van der Waals surface area contributed by atoms with Crippen LogP contribution in [0.25, 0.3) is 0 Å². The Hall–Kier alpha value is -2.12. The Morgan fingerprint density at radius 1 is 0.962 bits per heavy atom. The Balaban J connectivity index is 1.73. The molecule has 0 spiro atoms. The van der Waals surface area contributed by atoms with Crippen LogP contribution in [0, 0.1) is 0 Å². The second kappa shape index (κ2) is 6.89. The van der Waals surface area contributed by atoms with Gasteiger partial charge in [-0.25, -0.2) is 4.90 Å². The molecule has 0 saturated carbocycles. The van der Waals surface area contributed by atoms with Gasteiger partial charge in [0.15, 0.2) is 0 Å². The van der Waals surface area contributed by atoms with Gasteiger partial charge < -0.3 is 24.1 Å². The minimum absolute atomic E-state index is 0.0338. The third-order valence-corrected chi connectivity index (χ3v) is 5.12. The highest BCUT2D eigenvalue weighted by Gasteiger charge is 2.56. The van der Waals surface area contributed by atoms with Crippen LogP contribution in [0.1, 0.15) is 23.6 Å². The summed E-state index contributed by atoms with van der Waals surface area (Å²) >= 11 is 0. The van der Waals surface area contributed by atoms with Crippen LogP contribution in [-0.4, -0.2) is 49.6 Å². The van der Waals surface area contributed by atoms with E-state index in [1.54, 1.807) is 14.2 Å². The quantitative estimate of drug-likeness (QED) is 0.887. The van der Waals surface area contributed by atoms with E-state index in [0.717, 1.165) is 22.6 Å². The van der Waals surface area contributed by atoms with E-state index < -0.39 is 5.54 Å². The Labute approximate surface area is 152 Å². The van der Waals surface area contributed by atoms with Crippen molar-refractivity contribution in [3.63, 3.8) is 0 Å². The van der Waals surface area contributed by atoms with Crippen molar-refractivity contribution in [3.05, 3.63) is 59.7 Å². The molecular weight excluding hydrogens is 334 g/mol. The summed E-state index contributed by atoms with van der Waals surface area (Å²) in [7, 11) is 3.29. The molecule has 1 N–H and O–H groups in total. The summed E-state index contributed by atoms with van der Waals surface area (Å²) in [5.74, 6) is 1.54. The zero-order chi connectivity index (χ0) is 18.1. The summed E-state index contributed by atoms with van der Waals surface area (Å²) in [6.45, 7) is 0.783. The van der Waals surface area contributed by atoms with Crippen molar-refractivity contribution in [1.29, 1.82) is 0 Å². The van der Waals surface area contributed by atoms with Crippen molar-refractivity contribution >= 4 is 0 Å². The fourth-order valence-electron chi connectivity index (χ4n) is 3.72. The van der Waals surface area contributed by atoms with Crippen molar-refractivity contribution in [1.82, 2.24) is 4.90 Å². The van der Waals surface area contributed by atoms with Crippen molar-refractivity contribution in [2.24, 2.45) is 0 Å². The predicted octanol–water partition coefficient (Wildman–Crippen LogP) is 2.49. The molecule has 2 saturated heterocycles. The second-order valence-corrected chi connectivity index (χ2v) is 6.67. The van der Waals surface area contributed by atoms with Crippen LogP contribution in [-0.2, 0) is 9.47 Å². The smallest absolute Gasteiger partial charge is 0.139 e. The van der Waals surface area contributed by atoms with Gasteiger partial charge in [0.05, 0.1) is 39.6 Å². The molecular formula is C20H23NO5.